The number of fused-ring (bicyclic) bond motifs is 1. The smallest absolute Gasteiger partial charge is 0.255 e. The summed E-state index contributed by atoms with van der Waals surface area (Å²) >= 11 is 0. The van der Waals surface area contributed by atoms with E-state index in [1.165, 1.54) is 18.4 Å². The van der Waals surface area contributed by atoms with Crippen LogP contribution in [0.3, 0.4) is 0 Å². The van der Waals surface area contributed by atoms with Crippen LogP contribution < -0.4 is 14.8 Å². The quantitative estimate of drug-likeness (QED) is 0.759. The van der Waals surface area contributed by atoms with Gasteiger partial charge in [0.25, 0.3) is 5.91 Å². The van der Waals surface area contributed by atoms with Gasteiger partial charge < -0.3 is 14.8 Å². The van der Waals surface area contributed by atoms with E-state index in [-0.39, 0.29) is 5.91 Å². The molecular formula is C26H30N2O3. The number of ether oxygens (including phenoxy) is 2. The number of amides is 1. The molecule has 3 aliphatic rings. The summed E-state index contributed by atoms with van der Waals surface area (Å²) in [6.45, 7) is 0. The summed E-state index contributed by atoms with van der Waals surface area (Å²) in [5.74, 6) is 1.76. The van der Waals surface area contributed by atoms with Crippen LogP contribution in [-0.2, 0) is 4.79 Å². The van der Waals surface area contributed by atoms with Gasteiger partial charge in [0.05, 0.1) is 14.2 Å². The van der Waals surface area contributed by atoms with Gasteiger partial charge in [0, 0.05) is 24.0 Å². The number of carbonyl (C=O) groups excluding carboxylic acids is 1. The van der Waals surface area contributed by atoms with Crippen LogP contribution >= 0.6 is 0 Å². The lowest BCUT2D eigenvalue weighted by Crippen LogP contribution is -2.32. The van der Waals surface area contributed by atoms with Gasteiger partial charge in [-0.3, -0.25) is 9.69 Å². The van der Waals surface area contributed by atoms with Crippen molar-refractivity contribution in [3.63, 3.8) is 0 Å². The van der Waals surface area contributed by atoms with Crippen molar-refractivity contribution >= 4 is 11.5 Å². The van der Waals surface area contributed by atoms with Gasteiger partial charge in [0.2, 0.25) is 0 Å². The Labute approximate surface area is 184 Å². The van der Waals surface area contributed by atoms with Gasteiger partial charge >= 0.3 is 0 Å². The van der Waals surface area contributed by atoms with E-state index >= 15 is 0 Å². The first-order valence-electron chi connectivity index (χ1n) is 10.9. The Morgan fingerprint density at radius 1 is 1.00 bits per heavy atom. The molecule has 5 heteroatoms. The lowest BCUT2D eigenvalue weighted by Gasteiger charge is -2.32. The zero-order valence-corrected chi connectivity index (χ0v) is 18.4. The van der Waals surface area contributed by atoms with E-state index in [1.54, 1.807) is 25.2 Å². The molecule has 162 valence electrons. The van der Waals surface area contributed by atoms with Gasteiger partial charge in [-0.05, 0) is 79.6 Å². The fourth-order valence-electron chi connectivity index (χ4n) is 4.51. The second-order valence-corrected chi connectivity index (χ2v) is 8.13. The standard InChI is InChI=1S/C26H30N2O3/c1-27-22-11-7-18(8-12-22)21-9-13-23-6-4-5-19(16-26(29)28(23)17-21)20-10-14-24(30-2)25(15-20)31-3/h4-6,9-10,13-18,22,27H,7-8,11-12H2,1-3H3/b5-4+,19-16+,23-6?. The first kappa shape index (κ1) is 21.2. The average Bonchev–Trinajstić information content (AvgIpc) is 2.81. The minimum absolute atomic E-state index is 0.0499. The zero-order chi connectivity index (χ0) is 21.8. The van der Waals surface area contributed by atoms with Crippen LogP contribution in [0.2, 0.25) is 0 Å². The number of hydrogen-bond donors (Lipinski definition) is 1. The topological polar surface area (TPSA) is 50.8 Å². The van der Waals surface area contributed by atoms with Crippen molar-refractivity contribution in [1.82, 2.24) is 10.2 Å². The summed E-state index contributed by atoms with van der Waals surface area (Å²) < 4.78 is 10.8. The molecule has 0 saturated heterocycles. The van der Waals surface area contributed by atoms with Crippen molar-refractivity contribution in [3.05, 3.63) is 77.7 Å². The van der Waals surface area contributed by atoms with Crippen molar-refractivity contribution in [2.45, 2.75) is 31.7 Å². The Bertz CT molecular complexity index is 992. The number of carbonyl (C=O) groups is 1. The lowest BCUT2D eigenvalue weighted by atomic mass is 9.81. The van der Waals surface area contributed by atoms with Crippen molar-refractivity contribution in [2.24, 2.45) is 5.92 Å². The molecule has 0 spiro atoms. The van der Waals surface area contributed by atoms with Crippen LogP contribution in [0, 0.1) is 5.92 Å². The molecule has 1 aliphatic carbocycles. The van der Waals surface area contributed by atoms with Crippen LogP contribution in [0.1, 0.15) is 31.2 Å². The highest BCUT2D eigenvalue weighted by atomic mass is 16.5. The first-order valence-corrected chi connectivity index (χ1v) is 10.9. The zero-order valence-electron chi connectivity index (χ0n) is 18.4. The number of nitrogens with one attached hydrogen (secondary N) is 1. The van der Waals surface area contributed by atoms with Crippen molar-refractivity contribution in [1.29, 1.82) is 0 Å². The second kappa shape index (κ2) is 9.40. The van der Waals surface area contributed by atoms with E-state index < -0.39 is 0 Å². The number of hydrogen-bond acceptors (Lipinski definition) is 4. The number of methoxy groups -OCH3 is 2. The molecule has 1 aromatic carbocycles. The molecule has 0 aromatic heterocycles. The lowest BCUT2D eigenvalue weighted by molar-refractivity contribution is -0.122. The van der Waals surface area contributed by atoms with E-state index in [0.29, 0.717) is 23.5 Å². The molecule has 5 nitrogen and oxygen atoms in total. The predicted octanol–water partition coefficient (Wildman–Crippen LogP) is 4.60. The van der Waals surface area contributed by atoms with E-state index in [2.05, 4.69) is 17.5 Å². The highest BCUT2D eigenvalue weighted by Crippen LogP contribution is 2.35. The highest BCUT2D eigenvalue weighted by molar-refractivity contribution is 6.00. The molecule has 31 heavy (non-hydrogen) atoms. The third-order valence-electron chi connectivity index (χ3n) is 6.39. The minimum Gasteiger partial charge on any atom is -0.493 e. The van der Waals surface area contributed by atoms with Crippen LogP contribution in [-0.4, -0.2) is 38.1 Å². The maximum atomic E-state index is 13.2. The summed E-state index contributed by atoms with van der Waals surface area (Å²) in [5, 5.41) is 3.39. The predicted molar refractivity (Wildman–Crippen MR) is 124 cm³/mol. The van der Waals surface area contributed by atoms with Crippen LogP contribution in [0.25, 0.3) is 5.57 Å². The fraction of sp³-hybridized carbons (Fsp3) is 0.346. The third kappa shape index (κ3) is 4.52. The van der Waals surface area contributed by atoms with Gasteiger partial charge in [0.1, 0.15) is 0 Å². The molecule has 1 amide bonds. The average molecular weight is 419 g/mol. The molecule has 4 rings (SSSR count). The van der Waals surface area contributed by atoms with Gasteiger partial charge in [-0.2, -0.15) is 0 Å². The maximum Gasteiger partial charge on any atom is 0.255 e. The summed E-state index contributed by atoms with van der Waals surface area (Å²) in [7, 11) is 5.26. The van der Waals surface area contributed by atoms with Crippen LogP contribution in [0.15, 0.2) is 72.1 Å². The Morgan fingerprint density at radius 3 is 2.48 bits per heavy atom. The van der Waals surface area contributed by atoms with E-state index in [0.717, 1.165) is 29.7 Å². The number of rotatable bonds is 5. The molecule has 2 heterocycles. The molecule has 0 atom stereocenters. The third-order valence-corrected chi connectivity index (χ3v) is 6.39. The number of benzene rings is 1. The van der Waals surface area contributed by atoms with Crippen molar-refractivity contribution in [2.75, 3.05) is 21.3 Å². The largest absolute Gasteiger partial charge is 0.493 e. The molecule has 1 N–H and O–H groups in total. The first-order chi connectivity index (χ1) is 15.1. The molecule has 0 radical (unpaired) electrons. The van der Waals surface area contributed by atoms with Crippen molar-refractivity contribution in [3.8, 4) is 11.5 Å². The highest BCUT2D eigenvalue weighted by Gasteiger charge is 2.26. The minimum atomic E-state index is -0.0499. The summed E-state index contributed by atoms with van der Waals surface area (Å²) in [6, 6.07) is 6.30. The molecule has 1 aromatic rings. The van der Waals surface area contributed by atoms with E-state index in [4.69, 9.17) is 9.47 Å². The number of allylic oxidation sites excluding steroid dienone is 7. The number of nitrogens with zero attached hydrogens (tertiary/aromatic N) is 1. The van der Waals surface area contributed by atoms with Gasteiger partial charge in [-0.1, -0.05) is 24.3 Å². The fourth-order valence-corrected chi connectivity index (χ4v) is 4.51. The Morgan fingerprint density at radius 2 is 1.77 bits per heavy atom. The SMILES string of the molecule is CNC1CCC(C2=CN3C(=O)/C=C(c4ccc(OC)c(OC)c4)\C=C\C=C3C=C2)CC1. The summed E-state index contributed by atoms with van der Waals surface area (Å²) in [6.07, 6.45) is 18.5. The van der Waals surface area contributed by atoms with Crippen LogP contribution in [0.5, 0.6) is 11.5 Å². The van der Waals surface area contributed by atoms with Gasteiger partial charge in [-0.15, -0.1) is 0 Å². The molecule has 2 aliphatic heterocycles. The summed E-state index contributed by atoms with van der Waals surface area (Å²) in [5.41, 5.74) is 3.86. The molecule has 0 unspecified atom stereocenters. The maximum absolute atomic E-state index is 13.2. The van der Waals surface area contributed by atoms with Crippen LogP contribution in [0.4, 0.5) is 0 Å². The molecule has 0 bridgehead atoms. The van der Waals surface area contributed by atoms with Gasteiger partial charge in [0.15, 0.2) is 11.5 Å². The Balaban J connectivity index is 1.60. The molecular weight excluding hydrogens is 388 g/mol. The van der Waals surface area contributed by atoms with E-state index in [1.807, 2.05) is 49.7 Å². The van der Waals surface area contributed by atoms with Crippen molar-refractivity contribution < 1.29 is 14.3 Å². The second-order valence-electron chi connectivity index (χ2n) is 8.13. The molecule has 1 saturated carbocycles. The monoisotopic (exact) mass is 418 g/mol. The van der Waals surface area contributed by atoms with E-state index in [9.17, 15) is 4.79 Å². The molecule has 1 fully saturated rings. The summed E-state index contributed by atoms with van der Waals surface area (Å²) in [4.78, 5) is 15.0. The Hall–Kier alpha value is -3.05. The van der Waals surface area contributed by atoms with Gasteiger partial charge in [-0.25, -0.2) is 0 Å². The Kier molecular flexibility index (Phi) is 6.42. The normalized spacial score (nSPS) is 26.0.